The van der Waals surface area contributed by atoms with Crippen molar-refractivity contribution in [1.29, 1.82) is 0 Å². The molecule has 4 nitrogen and oxygen atoms in total. The van der Waals surface area contributed by atoms with Crippen molar-refractivity contribution in [2.75, 3.05) is 5.32 Å². The molecule has 0 atom stereocenters. The van der Waals surface area contributed by atoms with Gasteiger partial charge in [-0.25, -0.2) is 0 Å². The number of benzene rings is 3. The van der Waals surface area contributed by atoms with E-state index in [2.05, 4.69) is 5.32 Å². The minimum Gasteiger partial charge on any atom is -0.489 e. The summed E-state index contributed by atoms with van der Waals surface area (Å²) in [6.07, 6.45) is 0. The third-order valence-electron chi connectivity index (χ3n) is 3.95. The Morgan fingerprint density at radius 2 is 1.50 bits per heavy atom. The Labute approximate surface area is 152 Å². The summed E-state index contributed by atoms with van der Waals surface area (Å²) in [5.41, 5.74) is 2.60. The number of anilines is 1. The summed E-state index contributed by atoms with van der Waals surface area (Å²) in [6, 6.07) is 23.6. The van der Waals surface area contributed by atoms with E-state index in [0.717, 1.165) is 11.3 Å². The van der Waals surface area contributed by atoms with E-state index < -0.39 is 0 Å². The van der Waals surface area contributed by atoms with Gasteiger partial charge in [0, 0.05) is 22.4 Å². The molecule has 0 fully saturated rings. The van der Waals surface area contributed by atoms with Crippen molar-refractivity contribution in [3.63, 3.8) is 0 Å². The maximum atomic E-state index is 12.6. The van der Waals surface area contributed by atoms with Gasteiger partial charge in [-0.1, -0.05) is 36.4 Å². The van der Waals surface area contributed by atoms with Crippen LogP contribution in [-0.4, -0.2) is 11.7 Å². The number of ketones is 1. The summed E-state index contributed by atoms with van der Waals surface area (Å²) in [5.74, 6) is 0.529. The SMILES string of the molecule is CC(=O)c1ccc(NC(=O)c2ccccc2COc2ccccc2)cc1. The number of amides is 1. The average molecular weight is 345 g/mol. The quantitative estimate of drug-likeness (QED) is 0.658. The molecule has 0 aliphatic heterocycles. The van der Waals surface area contributed by atoms with Crippen LogP contribution >= 0.6 is 0 Å². The normalized spacial score (nSPS) is 10.2. The molecule has 0 radical (unpaired) electrons. The van der Waals surface area contributed by atoms with Gasteiger partial charge in [-0.05, 0) is 49.4 Å². The number of hydrogen-bond acceptors (Lipinski definition) is 3. The predicted molar refractivity (Wildman–Crippen MR) is 102 cm³/mol. The Hall–Kier alpha value is -3.40. The standard InChI is InChI=1S/C22H19NO3/c1-16(24)17-11-13-19(14-12-17)23-22(25)21-10-6-5-7-18(21)15-26-20-8-3-2-4-9-20/h2-14H,15H2,1H3,(H,23,25). The second kappa shape index (κ2) is 8.12. The molecule has 3 rings (SSSR count). The molecule has 4 heteroatoms. The van der Waals surface area contributed by atoms with Crippen molar-refractivity contribution in [2.45, 2.75) is 13.5 Å². The summed E-state index contributed by atoms with van der Waals surface area (Å²) in [7, 11) is 0. The van der Waals surface area contributed by atoms with Gasteiger partial charge in [-0.2, -0.15) is 0 Å². The smallest absolute Gasteiger partial charge is 0.256 e. The van der Waals surface area contributed by atoms with Crippen LogP contribution in [0.5, 0.6) is 5.75 Å². The molecule has 0 heterocycles. The first kappa shape index (κ1) is 17.4. The van der Waals surface area contributed by atoms with Crippen molar-refractivity contribution in [2.24, 2.45) is 0 Å². The zero-order chi connectivity index (χ0) is 18.4. The lowest BCUT2D eigenvalue weighted by Gasteiger charge is -2.12. The summed E-state index contributed by atoms with van der Waals surface area (Å²) in [6.45, 7) is 1.81. The Bertz CT molecular complexity index is 902. The number of carbonyl (C=O) groups is 2. The first-order valence-electron chi connectivity index (χ1n) is 8.31. The lowest BCUT2D eigenvalue weighted by molar-refractivity contribution is 0.101. The largest absolute Gasteiger partial charge is 0.489 e. The predicted octanol–water partition coefficient (Wildman–Crippen LogP) is 4.72. The van der Waals surface area contributed by atoms with Gasteiger partial charge >= 0.3 is 0 Å². The van der Waals surface area contributed by atoms with Crippen molar-refractivity contribution in [3.05, 3.63) is 95.6 Å². The van der Waals surface area contributed by atoms with Gasteiger partial charge in [-0.3, -0.25) is 9.59 Å². The number of para-hydroxylation sites is 1. The van der Waals surface area contributed by atoms with Crippen molar-refractivity contribution < 1.29 is 14.3 Å². The summed E-state index contributed by atoms with van der Waals surface area (Å²) in [5, 5.41) is 2.86. The highest BCUT2D eigenvalue weighted by Gasteiger charge is 2.12. The fourth-order valence-electron chi connectivity index (χ4n) is 2.53. The lowest BCUT2D eigenvalue weighted by Crippen LogP contribution is -2.15. The first-order valence-corrected chi connectivity index (χ1v) is 8.31. The Morgan fingerprint density at radius 3 is 2.19 bits per heavy atom. The van der Waals surface area contributed by atoms with Crippen LogP contribution in [0.15, 0.2) is 78.9 Å². The van der Waals surface area contributed by atoms with E-state index in [1.807, 2.05) is 48.5 Å². The van der Waals surface area contributed by atoms with E-state index in [-0.39, 0.29) is 11.7 Å². The molecule has 0 aliphatic carbocycles. The van der Waals surface area contributed by atoms with E-state index in [0.29, 0.717) is 23.4 Å². The molecule has 1 amide bonds. The van der Waals surface area contributed by atoms with Gasteiger partial charge in [-0.15, -0.1) is 0 Å². The molecule has 0 spiro atoms. The highest BCUT2D eigenvalue weighted by Crippen LogP contribution is 2.17. The van der Waals surface area contributed by atoms with Crippen molar-refractivity contribution in [3.8, 4) is 5.75 Å². The van der Waals surface area contributed by atoms with Crippen LogP contribution in [0.25, 0.3) is 0 Å². The Balaban J connectivity index is 1.72. The lowest BCUT2D eigenvalue weighted by atomic mass is 10.1. The zero-order valence-electron chi connectivity index (χ0n) is 14.4. The molecule has 0 aliphatic rings. The Morgan fingerprint density at radius 1 is 0.846 bits per heavy atom. The number of hydrogen-bond donors (Lipinski definition) is 1. The maximum Gasteiger partial charge on any atom is 0.256 e. The molecule has 0 saturated heterocycles. The molecule has 0 saturated carbocycles. The first-order chi connectivity index (χ1) is 12.6. The van der Waals surface area contributed by atoms with Crippen LogP contribution in [0.1, 0.15) is 33.2 Å². The van der Waals surface area contributed by atoms with E-state index in [1.165, 1.54) is 6.92 Å². The minimum atomic E-state index is -0.215. The molecule has 0 unspecified atom stereocenters. The van der Waals surface area contributed by atoms with Gasteiger partial charge in [0.1, 0.15) is 12.4 Å². The van der Waals surface area contributed by atoms with E-state index in [4.69, 9.17) is 4.74 Å². The number of Topliss-reactive ketones (excluding diaryl/α,β-unsaturated/α-hetero) is 1. The highest BCUT2D eigenvalue weighted by molar-refractivity contribution is 6.05. The molecule has 26 heavy (non-hydrogen) atoms. The highest BCUT2D eigenvalue weighted by atomic mass is 16.5. The van der Waals surface area contributed by atoms with E-state index in [9.17, 15) is 9.59 Å². The number of nitrogens with one attached hydrogen (secondary N) is 1. The molecule has 0 bridgehead atoms. The summed E-state index contributed by atoms with van der Waals surface area (Å²) >= 11 is 0. The fourth-order valence-corrected chi connectivity index (χ4v) is 2.53. The zero-order valence-corrected chi connectivity index (χ0v) is 14.4. The molecular weight excluding hydrogens is 326 g/mol. The molecule has 3 aromatic carbocycles. The van der Waals surface area contributed by atoms with Crippen molar-refractivity contribution in [1.82, 2.24) is 0 Å². The third-order valence-corrected chi connectivity index (χ3v) is 3.95. The number of ether oxygens (including phenoxy) is 1. The number of carbonyl (C=O) groups excluding carboxylic acids is 2. The van der Waals surface area contributed by atoms with Gasteiger partial charge in [0.05, 0.1) is 0 Å². The molecule has 130 valence electrons. The molecule has 3 aromatic rings. The van der Waals surface area contributed by atoms with Crippen LogP contribution < -0.4 is 10.1 Å². The van der Waals surface area contributed by atoms with Gasteiger partial charge in [0.25, 0.3) is 5.91 Å². The second-order valence-corrected chi connectivity index (χ2v) is 5.85. The average Bonchev–Trinajstić information content (AvgIpc) is 2.68. The van der Waals surface area contributed by atoms with Crippen LogP contribution in [0, 0.1) is 0 Å². The van der Waals surface area contributed by atoms with Crippen LogP contribution in [-0.2, 0) is 6.61 Å². The molecular formula is C22H19NO3. The molecule has 0 aromatic heterocycles. The topological polar surface area (TPSA) is 55.4 Å². The van der Waals surface area contributed by atoms with E-state index in [1.54, 1.807) is 30.3 Å². The number of rotatable bonds is 6. The summed E-state index contributed by atoms with van der Waals surface area (Å²) < 4.78 is 5.76. The van der Waals surface area contributed by atoms with Gasteiger partial charge in [0.2, 0.25) is 0 Å². The maximum absolute atomic E-state index is 12.6. The van der Waals surface area contributed by atoms with Crippen LogP contribution in [0.2, 0.25) is 0 Å². The van der Waals surface area contributed by atoms with E-state index >= 15 is 0 Å². The van der Waals surface area contributed by atoms with Crippen LogP contribution in [0.3, 0.4) is 0 Å². The van der Waals surface area contributed by atoms with Gasteiger partial charge < -0.3 is 10.1 Å². The summed E-state index contributed by atoms with van der Waals surface area (Å²) in [4.78, 5) is 24.0. The second-order valence-electron chi connectivity index (χ2n) is 5.85. The van der Waals surface area contributed by atoms with Crippen molar-refractivity contribution >= 4 is 17.4 Å². The van der Waals surface area contributed by atoms with Crippen LogP contribution in [0.4, 0.5) is 5.69 Å². The van der Waals surface area contributed by atoms with Gasteiger partial charge in [0.15, 0.2) is 5.78 Å². The fraction of sp³-hybridized carbons (Fsp3) is 0.0909. The monoisotopic (exact) mass is 345 g/mol. The Kier molecular flexibility index (Phi) is 5.44. The third kappa shape index (κ3) is 4.36. The molecule has 1 N–H and O–H groups in total. The minimum absolute atomic E-state index is 0.00807.